The Bertz CT molecular complexity index is 446. The van der Waals surface area contributed by atoms with E-state index >= 15 is 0 Å². The van der Waals surface area contributed by atoms with E-state index in [-0.39, 0.29) is 0 Å². The minimum Gasteiger partial charge on any atom is -0.258 e. The van der Waals surface area contributed by atoms with Crippen molar-refractivity contribution in [3.63, 3.8) is 0 Å². The first-order valence-electron chi connectivity index (χ1n) is 3.62. The summed E-state index contributed by atoms with van der Waals surface area (Å²) >= 11 is 0. The number of rotatable bonds is 3. The van der Waals surface area contributed by atoms with Gasteiger partial charge < -0.3 is 0 Å². The number of aliphatic imine (C=N–C) groups is 1. The van der Waals surface area contributed by atoms with Gasteiger partial charge in [-0.25, -0.2) is 5.41 Å². The monoisotopic (exact) mass is 208 g/mol. The second-order valence-electron chi connectivity index (χ2n) is 2.38. The predicted octanol–water partition coefficient (Wildman–Crippen LogP) is 1.89. The molecule has 0 bridgehead atoms. The van der Waals surface area contributed by atoms with Gasteiger partial charge in [0.25, 0.3) is 0 Å². The molecule has 1 rings (SSSR count). The van der Waals surface area contributed by atoms with E-state index in [0.29, 0.717) is 0 Å². The highest BCUT2D eigenvalue weighted by molar-refractivity contribution is 5.72. The maximum absolute atomic E-state index is 10.5. The molecule has 0 saturated heterocycles. The summed E-state index contributed by atoms with van der Waals surface area (Å²) in [6, 6.07) is 4.87. The molecule has 1 N–H and O–H groups in total. The molecule has 0 aliphatic heterocycles. The van der Waals surface area contributed by atoms with E-state index in [4.69, 9.17) is 5.41 Å². The Kier molecular flexibility index (Phi) is 2.85. The molecule has 8 heteroatoms. The van der Waals surface area contributed by atoms with Crippen LogP contribution in [0, 0.1) is 25.6 Å². The summed E-state index contributed by atoms with van der Waals surface area (Å²) in [7, 11) is 0. The fourth-order valence-electron chi connectivity index (χ4n) is 0.985. The zero-order valence-corrected chi connectivity index (χ0v) is 7.21. The number of hydrogen-bond donors (Lipinski definition) is 1. The van der Waals surface area contributed by atoms with Crippen molar-refractivity contribution in [2.45, 2.75) is 0 Å². The van der Waals surface area contributed by atoms with Crippen LogP contribution in [-0.2, 0) is 0 Å². The molecule has 15 heavy (non-hydrogen) atoms. The molecule has 0 fully saturated rings. The van der Waals surface area contributed by atoms with Crippen molar-refractivity contribution in [1.82, 2.24) is 0 Å². The molecule has 0 amide bonds. The Balaban J connectivity index is 3.55. The Hall–Kier alpha value is -2.60. The fourth-order valence-corrected chi connectivity index (χ4v) is 0.985. The van der Waals surface area contributed by atoms with Crippen LogP contribution >= 0.6 is 0 Å². The van der Waals surface area contributed by atoms with Crippen LogP contribution in [0.25, 0.3) is 0 Å². The maximum Gasteiger partial charge on any atom is 0.302 e. The average molecular weight is 208 g/mol. The molecule has 0 aromatic heterocycles. The van der Waals surface area contributed by atoms with Crippen molar-refractivity contribution in [2.24, 2.45) is 4.99 Å². The second kappa shape index (κ2) is 4.07. The topological polar surface area (TPSA) is 122 Å². The number of hydrogen-bond acceptors (Lipinski definition) is 6. The van der Waals surface area contributed by atoms with E-state index in [2.05, 4.69) is 4.99 Å². The zero-order chi connectivity index (χ0) is 11.4. The van der Waals surface area contributed by atoms with Crippen LogP contribution in [0.15, 0.2) is 23.2 Å². The summed E-state index contributed by atoms with van der Waals surface area (Å²) in [5.41, 5.74) is -1.52. The highest BCUT2D eigenvalue weighted by Crippen LogP contribution is 2.35. The molecule has 76 valence electrons. The maximum atomic E-state index is 10.5. The minimum atomic E-state index is -0.802. The number of nitro groups is 2. The zero-order valence-electron chi connectivity index (χ0n) is 7.21. The van der Waals surface area contributed by atoms with Gasteiger partial charge >= 0.3 is 11.4 Å². The summed E-state index contributed by atoms with van der Waals surface area (Å²) in [5, 5.41) is 27.6. The molecular weight excluding hydrogens is 204 g/mol. The fraction of sp³-hybridized carbons (Fsp3) is 0. The van der Waals surface area contributed by atoms with E-state index in [9.17, 15) is 20.2 Å². The minimum absolute atomic E-state index is 0.470. The highest BCUT2D eigenvalue weighted by atomic mass is 16.6. The molecule has 8 nitrogen and oxygen atoms in total. The Morgan fingerprint density at radius 2 is 1.67 bits per heavy atom. The molecule has 1 aromatic rings. The Morgan fingerprint density at radius 3 is 2.00 bits per heavy atom. The van der Waals surface area contributed by atoms with Gasteiger partial charge in [-0.05, 0) is 6.07 Å². The SMILES string of the molecule is N=C=Nc1c([N+](=O)[O-])cccc1[N+](=O)[O-]. The van der Waals surface area contributed by atoms with Gasteiger partial charge in [0.15, 0.2) is 0 Å². The standard InChI is InChI=1S/C7H4N4O4/c8-4-9-7-5(10(12)13)2-1-3-6(7)11(14)15/h1-3,8H. The quantitative estimate of drug-likeness (QED) is 0.462. The molecular formula is C7H4N4O4. The van der Waals surface area contributed by atoms with E-state index in [0.717, 1.165) is 12.1 Å². The summed E-state index contributed by atoms with van der Waals surface area (Å²) in [6.07, 6.45) is 0. The van der Waals surface area contributed by atoms with Crippen molar-refractivity contribution in [2.75, 3.05) is 0 Å². The van der Waals surface area contributed by atoms with Crippen molar-refractivity contribution < 1.29 is 9.85 Å². The average Bonchev–Trinajstić information content (AvgIpc) is 2.17. The van der Waals surface area contributed by atoms with E-state index in [1.807, 2.05) is 0 Å². The van der Waals surface area contributed by atoms with Gasteiger partial charge in [-0.2, -0.15) is 4.99 Å². The number of nitro benzene ring substituents is 2. The molecule has 0 aliphatic carbocycles. The third kappa shape index (κ3) is 2.01. The number of nitrogens with one attached hydrogen (secondary N) is 1. The molecule has 0 saturated carbocycles. The van der Waals surface area contributed by atoms with E-state index < -0.39 is 26.9 Å². The lowest BCUT2D eigenvalue weighted by molar-refractivity contribution is -0.392. The van der Waals surface area contributed by atoms with Gasteiger partial charge in [-0.15, -0.1) is 0 Å². The van der Waals surface area contributed by atoms with Gasteiger partial charge in [0, 0.05) is 12.1 Å². The van der Waals surface area contributed by atoms with Gasteiger partial charge in [-0.3, -0.25) is 20.2 Å². The number of nitrogens with zero attached hydrogens (tertiary/aromatic N) is 3. The molecule has 1 aromatic carbocycles. The largest absolute Gasteiger partial charge is 0.302 e. The van der Waals surface area contributed by atoms with Crippen LogP contribution in [0.1, 0.15) is 0 Å². The van der Waals surface area contributed by atoms with Crippen molar-refractivity contribution in [1.29, 1.82) is 5.41 Å². The lowest BCUT2D eigenvalue weighted by Gasteiger charge is -1.96. The summed E-state index contributed by atoms with van der Waals surface area (Å²) in [5.74, 6) is 0. The summed E-state index contributed by atoms with van der Waals surface area (Å²) in [6.45, 7) is 0. The first-order valence-corrected chi connectivity index (χ1v) is 3.62. The summed E-state index contributed by atoms with van der Waals surface area (Å²) in [4.78, 5) is 22.6. The molecule has 0 atom stereocenters. The van der Waals surface area contributed by atoms with Gasteiger partial charge in [-0.1, -0.05) is 0 Å². The Labute approximate surface area is 82.7 Å². The van der Waals surface area contributed by atoms with Gasteiger partial charge in [0.05, 0.1) is 15.9 Å². The van der Waals surface area contributed by atoms with Crippen LogP contribution in [0.5, 0.6) is 0 Å². The van der Waals surface area contributed by atoms with Crippen molar-refractivity contribution in [3.8, 4) is 0 Å². The molecule has 0 unspecified atom stereocenters. The number of para-hydroxylation sites is 1. The third-order valence-corrected chi connectivity index (χ3v) is 1.55. The third-order valence-electron chi connectivity index (χ3n) is 1.55. The number of benzene rings is 1. The molecule has 0 aliphatic rings. The first-order chi connectivity index (χ1) is 7.07. The first kappa shape index (κ1) is 10.5. The van der Waals surface area contributed by atoms with Gasteiger partial charge in [0.1, 0.15) is 0 Å². The van der Waals surface area contributed by atoms with Crippen molar-refractivity contribution >= 4 is 23.1 Å². The highest BCUT2D eigenvalue weighted by Gasteiger charge is 2.23. The predicted molar refractivity (Wildman–Crippen MR) is 49.6 cm³/mol. The second-order valence-corrected chi connectivity index (χ2v) is 2.38. The van der Waals surface area contributed by atoms with E-state index in [1.54, 1.807) is 6.01 Å². The van der Waals surface area contributed by atoms with Crippen LogP contribution in [0.2, 0.25) is 0 Å². The molecule has 0 radical (unpaired) electrons. The lowest BCUT2D eigenvalue weighted by Crippen LogP contribution is -1.93. The smallest absolute Gasteiger partial charge is 0.258 e. The van der Waals surface area contributed by atoms with Gasteiger partial charge in [0.2, 0.25) is 5.69 Å². The van der Waals surface area contributed by atoms with Crippen LogP contribution in [0.4, 0.5) is 17.1 Å². The van der Waals surface area contributed by atoms with Crippen LogP contribution in [-0.4, -0.2) is 15.9 Å². The van der Waals surface area contributed by atoms with Crippen LogP contribution in [0.3, 0.4) is 0 Å². The molecule has 0 heterocycles. The lowest BCUT2D eigenvalue weighted by atomic mass is 10.2. The Morgan fingerprint density at radius 1 is 1.20 bits per heavy atom. The molecule has 0 spiro atoms. The van der Waals surface area contributed by atoms with E-state index in [1.165, 1.54) is 6.07 Å². The van der Waals surface area contributed by atoms with Crippen LogP contribution < -0.4 is 0 Å². The summed E-state index contributed by atoms with van der Waals surface area (Å²) < 4.78 is 0. The normalized spacial score (nSPS) is 9.07. The van der Waals surface area contributed by atoms with Crippen molar-refractivity contribution in [3.05, 3.63) is 38.4 Å².